The fourth-order valence-corrected chi connectivity index (χ4v) is 4.70. The first kappa shape index (κ1) is 31.5. The number of aliphatic imine (C=N–C) groups is 1. The van der Waals surface area contributed by atoms with Gasteiger partial charge in [0.15, 0.2) is 16.7 Å². The van der Waals surface area contributed by atoms with Gasteiger partial charge in [0.25, 0.3) is 5.91 Å². The number of rotatable bonds is 8. The van der Waals surface area contributed by atoms with Gasteiger partial charge in [-0.05, 0) is 72.8 Å². The number of alkyl halides is 6. The van der Waals surface area contributed by atoms with Crippen LogP contribution in [0.5, 0.6) is 11.5 Å². The number of anilines is 1. The number of amidine groups is 1. The minimum absolute atomic E-state index is 0.0307. The van der Waals surface area contributed by atoms with Gasteiger partial charge in [0, 0.05) is 11.3 Å². The highest BCUT2D eigenvalue weighted by atomic mass is 32.2. The summed E-state index contributed by atoms with van der Waals surface area (Å²) in [5, 5.41) is 3.24. The van der Waals surface area contributed by atoms with E-state index < -0.39 is 47.5 Å². The molecule has 0 bridgehead atoms. The lowest BCUT2D eigenvalue weighted by molar-refractivity contribution is -0.143. The molecule has 3 aromatic rings. The molecule has 0 saturated heterocycles. The van der Waals surface area contributed by atoms with Crippen molar-refractivity contribution in [2.75, 3.05) is 19.0 Å². The fraction of sp³-hybridized carbons (Fsp3) is 0.207. The van der Waals surface area contributed by atoms with E-state index in [0.717, 1.165) is 17.8 Å². The second kappa shape index (κ2) is 12.8. The van der Waals surface area contributed by atoms with Crippen molar-refractivity contribution in [3.63, 3.8) is 0 Å². The number of amides is 1. The molecule has 4 rings (SSSR count). The Hall–Kier alpha value is -4.46. The smallest absolute Gasteiger partial charge is 0.416 e. The predicted octanol–water partition coefficient (Wildman–Crippen LogP) is 7.57. The van der Waals surface area contributed by atoms with Crippen molar-refractivity contribution in [2.24, 2.45) is 4.99 Å². The summed E-state index contributed by atoms with van der Waals surface area (Å²) < 4.78 is 95.1. The maximum atomic E-state index is 13.5. The molecular weight excluding hydrogens is 602 g/mol. The van der Waals surface area contributed by atoms with Gasteiger partial charge in [-0.1, -0.05) is 18.2 Å². The Morgan fingerprint density at radius 2 is 1.74 bits per heavy atom. The zero-order chi connectivity index (χ0) is 31.4. The second-order valence-electron chi connectivity index (χ2n) is 8.83. The Bertz CT molecular complexity index is 1600. The third kappa shape index (κ3) is 7.89. The van der Waals surface area contributed by atoms with E-state index in [1.54, 1.807) is 31.2 Å². The number of hydrogen-bond acceptors (Lipinski definition) is 7. The Morgan fingerprint density at radius 3 is 2.42 bits per heavy atom. The number of ether oxygens (including phenoxy) is 3. The van der Waals surface area contributed by atoms with E-state index in [1.165, 1.54) is 31.4 Å². The molecule has 3 aromatic carbocycles. The van der Waals surface area contributed by atoms with Crippen LogP contribution in [0.2, 0.25) is 0 Å². The van der Waals surface area contributed by atoms with Crippen LogP contribution >= 0.6 is 11.8 Å². The van der Waals surface area contributed by atoms with E-state index in [2.05, 4.69) is 10.3 Å². The first-order valence-corrected chi connectivity index (χ1v) is 13.2. The molecule has 0 fully saturated rings. The predicted molar refractivity (Wildman–Crippen MR) is 148 cm³/mol. The summed E-state index contributed by atoms with van der Waals surface area (Å²) in [7, 11) is 1.30. The van der Waals surface area contributed by atoms with Crippen LogP contribution in [0.1, 0.15) is 39.5 Å². The molecule has 1 aliphatic heterocycles. The van der Waals surface area contributed by atoms with Crippen LogP contribution in [0.25, 0.3) is 6.08 Å². The highest BCUT2D eigenvalue weighted by Gasteiger charge is 2.38. The van der Waals surface area contributed by atoms with Crippen molar-refractivity contribution in [2.45, 2.75) is 25.9 Å². The van der Waals surface area contributed by atoms with E-state index in [-0.39, 0.29) is 34.2 Å². The Morgan fingerprint density at radius 1 is 0.977 bits per heavy atom. The molecule has 0 radical (unpaired) electrons. The summed E-state index contributed by atoms with van der Waals surface area (Å²) in [5.41, 5.74) is -2.07. The van der Waals surface area contributed by atoms with E-state index >= 15 is 0 Å². The highest BCUT2D eigenvalue weighted by Crippen LogP contribution is 2.39. The largest absolute Gasteiger partial charge is 0.493 e. The molecule has 0 aliphatic carbocycles. The third-order valence-electron chi connectivity index (χ3n) is 5.86. The number of methoxy groups -OCH3 is 1. The molecule has 0 atom stereocenters. The number of benzene rings is 3. The fourth-order valence-electron chi connectivity index (χ4n) is 3.87. The highest BCUT2D eigenvalue weighted by molar-refractivity contribution is 8.18. The summed E-state index contributed by atoms with van der Waals surface area (Å²) in [6.07, 6.45) is -8.46. The summed E-state index contributed by atoms with van der Waals surface area (Å²) >= 11 is 1.04. The van der Waals surface area contributed by atoms with Gasteiger partial charge >= 0.3 is 18.3 Å². The first-order valence-electron chi connectivity index (χ1n) is 12.4. The number of hydrogen-bond donors (Lipinski definition) is 1. The van der Waals surface area contributed by atoms with Crippen molar-refractivity contribution in [3.8, 4) is 11.5 Å². The Labute approximate surface area is 245 Å². The van der Waals surface area contributed by atoms with Gasteiger partial charge < -0.3 is 19.5 Å². The number of thioether (sulfide) groups is 1. The third-order valence-corrected chi connectivity index (χ3v) is 6.76. The molecule has 226 valence electrons. The average molecular weight is 625 g/mol. The molecule has 0 saturated carbocycles. The van der Waals surface area contributed by atoms with E-state index in [9.17, 15) is 35.9 Å². The van der Waals surface area contributed by atoms with Gasteiger partial charge in [-0.2, -0.15) is 31.3 Å². The van der Waals surface area contributed by atoms with E-state index in [1.807, 2.05) is 0 Å². The summed E-state index contributed by atoms with van der Waals surface area (Å²) in [5.74, 6) is -0.885. The van der Waals surface area contributed by atoms with Crippen LogP contribution in [0.15, 0.2) is 70.6 Å². The van der Waals surface area contributed by atoms with Crippen LogP contribution in [-0.4, -0.2) is 30.8 Å². The number of nitrogens with zero attached hydrogens (tertiary/aromatic N) is 1. The second-order valence-corrected chi connectivity index (χ2v) is 9.86. The van der Waals surface area contributed by atoms with Crippen LogP contribution in [0, 0.1) is 0 Å². The van der Waals surface area contributed by atoms with Crippen molar-refractivity contribution in [1.82, 2.24) is 0 Å². The van der Waals surface area contributed by atoms with Crippen LogP contribution < -0.4 is 14.8 Å². The van der Waals surface area contributed by atoms with Gasteiger partial charge in [0.05, 0.1) is 35.3 Å². The van der Waals surface area contributed by atoms with Crippen molar-refractivity contribution >= 4 is 40.6 Å². The summed E-state index contributed by atoms with van der Waals surface area (Å²) in [6.45, 7) is 1.23. The topological polar surface area (TPSA) is 86.2 Å². The number of halogens is 6. The number of carbonyl (C=O) groups is 2. The molecule has 1 heterocycles. The molecule has 0 unspecified atom stereocenters. The monoisotopic (exact) mass is 624 g/mol. The molecule has 43 heavy (non-hydrogen) atoms. The van der Waals surface area contributed by atoms with Gasteiger partial charge in [0.2, 0.25) is 0 Å². The van der Waals surface area contributed by atoms with Crippen LogP contribution in [0.4, 0.5) is 32.0 Å². The lowest BCUT2D eigenvalue weighted by atomic mass is 10.0. The van der Waals surface area contributed by atoms with Gasteiger partial charge in [0.1, 0.15) is 6.61 Å². The summed E-state index contributed by atoms with van der Waals surface area (Å²) in [6, 6.07) is 12.2. The zero-order valence-electron chi connectivity index (χ0n) is 22.4. The van der Waals surface area contributed by atoms with Crippen molar-refractivity contribution < 1.29 is 50.1 Å². The molecule has 0 spiro atoms. The van der Waals surface area contributed by atoms with Crippen LogP contribution in [-0.2, 0) is 28.5 Å². The van der Waals surface area contributed by atoms with Gasteiger partial charge in [-0.3, -0.25) is 4.79 Å². The Balaban J connectivity index is 1.47. The molecule has 0 aromatic heterocycles. The normalized spacial score (nSPS) is 14.5. The van der Waals surface area contributed by atoms with Gasteiger partial charge in [-0.15, -0.1) is 0 Å². The number of nitrogens with one attached hydrogen (secondary N) is 1. The molecule has 1 amide bonds. The average Bonchev–Trinajstić information content (AvgIpc) is 3.29. The standard InChI is InChI=1S/C29H22F6N2O5S/c1-3-41-26(39)17-5-4-6-20(13-17)36-27-37-25(38)24(43-27)12-16-7-10-22(23(11-16)40-2)42-15-18-8-9-19(28(30,31)32)14-21(18)29(33,34)35/h4-14H,3,15H2,1-2H3,(H,36,37,38). The van der Waals surface area contributed by atoms with Crippen molar-refractivity contribution in [1.29, 1.82) is 0 Å². The molecular formula is C29H22F6N2O5S. The van der Waals surface area contributed by atoms with Crippen LogP contribution in [0.3, 0.4) is 0 Å². The van der Waals surface area contributed by atoms with Crippen molar-refractivity contribution in [3.05, 3.63) is 93.4 Å². The quantitative estimate of drug-likeness (QED) is 0.157. The zero-order valence-corrected chi connectivity index (χ0v) is 23.2. The maximum absolute atomic E-state index is 13.5. The lowest BCUT2D eigenvalue weighted by Gasteiger charge is -2.17. The maximum Gasteiger partial charge on any atom is 0.416 e. The first-order chi connectivity index (χ1) is 20.3. The summed E-state index contributed by atoms with van der Waals surface area (Å²) in [4.78, 5) is 28.7. The van der Waals surface area contributed by atoms with Gasteiger partial charge in [-0.25, -0.2) is 4.79 Å². The molecule has 7 nitrogen and oxygen atoms in total. The van der Waals surface area contributed by atoms with E-state index in [4.69, 9.17) is 14.2 Å². The molecule has 1 aliphatic rings. The Kier molecular flexibility index (Phi) is 9.38. The molecule has 1 N–H and O–H groups in total. The minimum Gasteiger partial charge on any atom is -0.493 e. The lowest BCUT2D eigenvalue weighted by Crippen LogP contribution is -2.14. The minimum atomic E-state index is -5.04. The number of esters is 1. The number of carbonyl (C=O) groups excluding carboxylic acids is 2. The SMILES string of the molecule is CCOC(=O)c1cccc(NC2=NC(=O)C(=Cc3ccc(OCc4ccc(C(F)(F)F)cc4C(F)(F)F)c(OC)c3)S2)c1. The van der Waals surface area contributed by atoms with E-state index in [0.29, 0.717) is 22.9 Å². The molecule has 14 heteroatoms.